The summed E-state index contributed by atoms with van der Waals surface area (Å²) in [5.74, 6) is 0.896. The van der Waals surface area contributed by atoms with Gasteiger partial charge in [0.1, 0.15) is 0 Å². The predicted molar refractivity (Wildman–Crippen MR) is 100 cm³/mol. The Labute approximate surface area is 155 Å². The molecule has 2 heterocycles. The second-order valence-electron chi connectivity index (χ2n) is 7.54. The van der Waals surface area contributed by atoms with Gasteiger partial charge in [-0.05, 0) is 55.2 Å². The Balaban J connectivity index is 1.54. The standard InChI is InChI=1S/C21H28N2O3/c1-16(25)23-12-6-17(7-13-23)2-5-21(26)20-4-3-18-8-10-22(15-24)11-9-19(18)14-20/h3-4,14-15,17H,2,5-13H2,1H3. The molecular weight excluding hydrogens is 328 g/mol. The number of piperidine rings is 1. The van der Waals surface area contributed by atoms with Crippen LogP contribution in [0.15, 0.2) is 18.2 Å². The van der Waals surface area contributed by atoms with Crippen LogP contribution in [0, 0.1) is 5.92 Å². The van der Waals surface area contributed by atoms with Crippen molar-refractivity contribution >= 4 is 18.1 Å². The molecule has 26 heavy (non-hydrogen) atoms. The van der Waals surface area contributed by atoms with Gasteiger partial charge in [0.25, 0.3) is 0 Å². The van der Waals surface area contributed by atoms with Gasteiger partial charge < -0.3 is 9.80 Å². The lowest BCUT2D eigenvalue weighted by Gasteiger charge is -2.31. The van der Waals surface area contributed by atoms with E-state index < -0.39 is 0 Å². The highest BCUT2D eigenvalue weighted by Gasteiger charge is 2.22. The van der Waals surface area contributed by atoms with E-state index in [4.69, 9.17) is 0 Å². The Morgan fingerprint density at radius 1 is 1.08 bits per heavy atom. The second-order valence-corrected chi connectivity index (χ2v) is 7.54. The summed E-state index contributed by atoms with van der Waals surface area (Å²) in [5, 5.41) is 0. The Bertz CT molecular complexity index is 678. The van der Waals surface area contributed by atoms with E-state index in [2.05, 4.69) is 6.07 Å². The number of Topliss-reactive ketones (excluding diaryl/α,β-unsaturated/α-hetero) is 1. The molecule has 0 unspecified atom stereocenters. The Kier molecular flexibility index (Phi) is 6.07. The van der Waals surface area contributed by atoms with Crippen molar-refractivity contribution < 1.29 is 14.4 Å². The summed E-state index contributed by atoms with van der Waals surface area (Å²) < 4.78 is 0. The average Bonchev–Trinajstić information content (AvgIpc) is 2.88. The zero-order valence-corrected chi connectivity index (χ0v) is 15.6. The SMILES string of the molecule is CC(=O)N1CCC(CCC(=O)c2ccc3c(c2)CCN(C=O)CC3)CC1. The summed E-state index contributed by atoms with van der Waals surface area (Å²) in [7, 11) is 0. The van der Waals surface area contributed by atoms with Crippen LogP contribution in [-0.4, -0.2) is 54.1 Å². The fourth-order valence-corrected chi connectivity index (χ4v) is 4.04. The van der Waals surface area contributed by atoms with E-state index in [0.29, 0.717) is 12.3 Å². The molecule has 0 atom stereocenters. The highest BCUT2D eigenvalue weighted by Crippen LogP contribution is 2.24. The maximum Gasteiger partial charge on any atom is 0.219 e. The van der Waals surface area contributed by atoms with Gasteiger partial charge >= 0.3 is 0 Å². The lowest BCUT2D eigenvalue weighted by atomic mass is 9.89. The van der Waals surface area contributed by atoms with Gasteiger partial charge in [0.2, 0.25) is 12.3 Å². The van der Waals surface area contributed by atoms with E-state index in [1.165, 1.54) is 11.1 Å². The summed E-state index contributed by atoms with van der Waals surface area (Å²) in [6, 6.07) is 6.03. The highest BCUT2D eigenvalue weighted by molar-refractivity contribution is 5.96. The molecule has 0 radical (unpaired) electrons. The van der Waals surface area contributed by atoms with Gasteiger partial charge in [-0.25, -0.2) is 0 Å². The molecule has 0 aromatic heterocycles. The van der Waals surface area contributed by atoms with Crippen LogP contribution >= 0.6 is 0 Å². The maximum absolute atomic E-state index is 12.6. The van der Waals surface area contributed by atoms with E-state index in [1.807, 2.05) is 17.0 Å². The first-order chi connectivity index (χ1) is 12.6. The lowest BCUT2D eigenvalue weighted by Crippen LogP contribution is -2.37. The molecule has 0 spiro atoms. The normalized spacial score (nSPS) is 18.2. The molecule has 1 aromatic carbocycles. The Morgan fingerprint density at radius 3 is 2.42 bits per heavy atom. The Hall–Kier alpha value is -2.17. The van der Waals surface area contributed by atoms with Gasteiger partial charge in [-0.3, -0.25) is 14.4 Å². The van der Waals surface area contributed by atoms with Crippen molar-refractivity contribution in [3.05, 3.63) is 34.9 Å². The summed E-state index contributed by atoms with van der Waals surface area (Å²) in [5.41, 5.74) is 3.25. The van der Waals surface area contributed by atoms with Gasteiger partial charge in [-0.2, -0.15) is 0 Å². The van der Waals surface area contributed by atoms with E-state index >= 15 is 0 Å². The molecule has 0 bridgehead atoms. The number of likely N-dealkylation sites (tertiary alicyclic amines) is 1. The van der Waals surface area contributed by atoms with Crippen molar-refractivity contribution in [1.82, 2.24) is 9.80 Å². The fourth-order valence-electron chi connectivity index (χ4n) is 4.04. The second kappa shape index (κ2) is 8.47. The van der Waals surface area contributed by atoms with Crippen molar-refractivity contribution in [2.24, 2.45) is 5.92 Å². The first-order valence-electron chi connectivity index (χ1n) is 9.66. The highest BCUT2D eigenvalue weighted by atomic mass is 16.2. The Morgan fingerprint density at radius 2 is 1.77 bits per heavy atom. The molecule has 0 saturated carbocycles. The van der Waals surface area contributed by atoms with Crippen molar-refractivity contribution in [1.29, 1.82) is 0 Å². The number of nitrogens with zero attached hydrogens (tertiary/aromatic N) is 2. The molecule has 2 aliphatic heterocycles. The van der Waals surface area contributed by atoms with Crippen LogP contribution in [0.5, 0.6) is 0 Å². The minimum atomic E-state index is 0.151. The van der Waals surface area contributed by atoms with Gasteiger partial charge in [-0.15, -0.1) is 0 Å². The van der Waals surface area contributed by atoms with Crippen LogP contribution in [0.25, 0.3) is 0 Å². The van der Waals surface area contributed by atoms with Gasteiger partial charge in [0.15, 0.2) is 5.78 Å². The van der Waals surface area contributed by atoms with Crippen molar-refractivity contribution in [3.63, 3.8) is 0 Å². The van der Waals surface area contributed by atoms with Gasteiger partial charge in [0.05, 0.1) is 0 Å². The fraction of sp³-hybridized carbons (Fsp3) is 0.571. The number of hydrogen-bond acceptors (Lipinski definition) is 3. The topological polar surface area (TPSA) is 57.7 Å². The zero-order chi connectivity index (χ0) is 18.5. The molecule has 3 rings (SSSR count). The van der Waals surface area contributed by atoms with E-state index in [1.54, 1.807) is 11.8 Å². The molecule has 0 aliphatic carbocycles. The number of fused-ring (bicyclic) bond motifs is 1. The van der Waals surface area contributed by atoms with Gasteiger partial charge in [0, 0.05) is 45.1 Å². The number of hydrogen-bond donors (Lipinski definition) is 0. The number of benzene rings is 1. The molecule has 5 heteroatoms. The molecule has 5 nitrogen and oxygen atoms in total. The number of ketones is 1. The first-order valence-corrected chi connectivity index (χ1v) is 9.66. The van der Waals surface area contributed by atoms with Crippen LogP contribution in [0.3, 0.4) is 0 Å². The lowest BCUT2D eigenvalue weighted by molar-refractivity contribution is -0.130. The number of amides is 2. The summed E-state index contributed by atoms with van der Waals surface area (Å²) in [6.07, 6.45) is 6.06. The minimum Gasteiger partial charge on any atom is -0.345 e. The van der Waals surface area contributed by atoms with Crippen molar-refractivity contribution in [2.45, 2.75) is 45.4 Å². The largest absolute Gasteiger partial charge is 0.345 e. The smallest absolute Gasteiger partial charge is 0.219 e. The third kappa shape index (κ3) is 4.51. The first kappa shape index (κ1) is 18.6. The van der Waals surface area contributed by atoms with Crippen molar-refractivity contribution in [3.8, 4) is 0 Å². The summed E-state index contributed by atoms with van der Waals surface area (Å²) in [4.78, 5) is 38.7. The molecule has 2 aliphatic rings. The number of carbonyl (C=O) groups excluding carboxylic acids is 3. The zero-order valence-electron chi connectivity index (χ0n) is 15.6. The third-order valence-corrected chi connectivity index (χ3v) is 5.85. The predicted octanol–water partition coefficient (Wildman–Crippen LogP) is 2.47. The molecule has 2 amide bonds. The van der Waals surface area contributed by atoms with E-state index in [-0.39, 0.29) is 11.7 Å². The van der Waals surface area contributed by atoms with E-state index in [0.717, 1.165) is 70.3 Å². The molecule has 140 valence electrons. The monoisotopic (exact) mass is 356 g/mol. The maximum atomic E-state index is 12.6. The van der Waals surface area contributed by atoms with Crippen LogP contribution in [0.1, 0.15) is 54.1 Å². The van der Waals surface area contributed by atoms with Crippen LogP contribution < -0.4 is 0 Å². The van der Waals surface area contributed by atoms with E-state index in [9.17, 15) is 14.4 Å². The molecule has 1 aromatic rings. The number of rotatable bonds is 5. The number of carbonyl (C=O) groups is 3. The third-order valence-electron chi connectivity index (χ3n) is 5.85. The molecular formula is C21H28N2O3. The average molecular weight is 356 g/mol. The van der Waals surface area contributed by atoms with Crippen LogP contribution in [0.4, 0.5) is 0 Å². The van der Waals surface area contributed by atoms with Crippen LogP contribution in [-0.2, 0) is 22.4 Å². The molecule has 1 saturated heterocycles. The molecule has 0 N–H and O–H groups in total. The van der Waals surface area contributed by atoms with Crippen LogP contribution in [0.2, 0.25) is 0 Å². The summed E-state index contributed by atoms with van der Waals surface area (Å²) in [6.45, 7) is 4.74. The molecule has 1 fully saturated rings. The van der Waals surface area contributed by atoms with Gasteiger partial charge in [-0.1, -0.05) is 12.1 Å². The summed E-state index contributed by atoms with van der Waals surface area (Å²) >= 11 is 0. The quantitative estimate of drug-likeness (QED) is 0.601. The van der Waals surface area contributed by atoms with Crippen molar-refractivity contribution in [2.75, 3.05) is 26.2 Å². The minimum absolute atomic E-state index is 0.151.